The number of rotatable bonds is 3. The van der Waals surface area contributed by atoms with E-state index in [1.165, 1.54) is 6.07 Å². The van der Waals surface area contributed by atoms with Gasteiger partial charge < -0.3 is 4.98 Å². The van der Waals surface area contributed by atoms with Gasteiger partial charge in [0.1, 0.15) is 5.69 Å². The van der Waals surface area contributed by atoms with Crippen molar-refractivity contribution in [1.29, 1.82) is 0 Å². The van der Waals surface area contributed by atoms with Crippen LogP contribution in [0.4, 0.5) is 13.2 Å². The molecule has 5 nitrogen and oxygen atoms in total. The number of benzene rings is 1. The molecule has 2 N–H and O–H groups in total. The Kier molecular flexibility index (Phi) is 3.75. The number of nitrogens with one attached hydrogen (secondary N) is 2. The zero-order valence-corrected chi connectivity index (χ0v) is 9.95. The zero-order chi connectivity index (χ0) is 14.8. The number of alkyl halides is 3. The van der Waals surface area contributed by atoms with Crippen molar-refractivity contribution in [3.05, 3.63) is 46.4 Å². The molecular weight excluding hydrogens is 277 g/mol. The standard InChI is InChI=1S/C12H9F3N2O3/c13-12(14,15)6-20-17-11(19)9-5-7-3-1-2-4-8(7)10(18)16-9/h1-5H,6H2,(H,16,18)(H,17,19). The summed E-state index contributed by atoms with van der Waals surface area (Å²) in [7, 11) is 0. The van der Waals surface area contributed by atoms with Gasteiger partial charge in [0, 0.05) is 5.39 Å². The third-order valence-corrected chi connectivity index (χ3v) is 2.40. The first-order valence-corrected chi connectivity index (χ1v) is 5.48. The summed E-state index contributed by atoms with van der Waals surface area (Å²) in [5, 5.41) is 0.873. The molecule has 0 radical (unpaired) electrons. The van der Waals surface area contributed by atoms with E-state index in [0.29, 0.717) is 10.8 Å². The van der Waals surface area contributed by atoms with Gasteiger partial charge in [0.25, 0.3) is 11.5 Å². The van der Waals surface area contributed by atoms with Crippen LogP contribution >= 0.6 is 0 Å². The van der Waals surface area contributed by atoms with Crippen molar-refractivity contribution in [2.24, 2.45) is 0 Å². The second-order valence-electron chi connectivity index (χ2n) is 3.93. The van der Waals surface area contributed by atoms with Gasteiger partial charge in [-0.05, 0) is 17.5 Å². The van der Waals surface area contributed by atoms with E-state index in [-0.39, 0.29) is 5.69 Å². The molecule has 2 aromatic rings. The second-order valence-corrected chi connectivity index (χ2v) is 3.93. The number of amides is 1. The van der Waals surface area contributed by atoms with Crippen LogP contribution in [0.15, 0.2) is 35.1 Å². The van der Waals surface area contributed by atoms with Crippen molar-refractivity contribution in [1.82, 2.24) is 10.5 Å². The van der Waals surface area contributed by atoms with Gasteiger partial charge in [0.2, 0.25) is 0 Å². The van der Waals surface area contributed by atoms with Crippen molar-refractivity contribution in [2.75, 3.05) is 6.61 Å². The zero-order valence-electron chi connectivity index (χ0n) is 9.95. The number of H-pyrrole nitrogens is 1. The summed E-state index contributed by atoms with van der Waals surface area (Å²) < 4.78 is 35.5. The highest BCUT2D eigenvalue weighted by Gasteiger charge is 2.28. The minimum atomic E-state index is -4.55. The van der Waals surface area contributed by atoms with Crippen LogP contribution in [0.1, 0.15) is 10.5 Å². The van der Waals surface area contributed by atoms with Crippen LogP contribution in [-0.4, -0.2) is 23.7 Å². The fourth-order valence-electron chi connectivity index (χ4n) is 1.57. The average Bonchev–Trinajstić information content (AvgIpc) is 2.37. The number of fused-ring (bicyclic) bond motifs is 1. The van der Waals surface area contributed by atoms with Crippen LogP contribution in [0.3, 0.4) is 0 Å². The fourth-order valence-corrected chi connectivity index (χ4v) is 1.57. The monoisotopic (exact) mass is 286 g/mol. The molecule has 1 aromatic carbocycles. The van der Waals surface area contributed by atoms with Crippen LogP contribution in [-0.2, 0) is 4.84 Å². The first-order valence-electron chi connectivity index (χ1n) is 5.48. The molecule has 0 aliphatic rings. The van der Waals surface area contributed by atoms with Crippen molar-refractivity contribution in [2.45, 2.75) is 6.18 Å². The van der Waals surface area contributed by atoms with Crippen molar-refractivity contribution in [3.63, 3.8) is 0 Å². The van der Waals surface area contributed by atoms with E-state index in [9.17, 15) is 22.8 Å². The van der Waals surface area contributed by atoms with E-state index in [1.807, 2.05) is 0 Å². The van der Waals surface area contributed by atoms with Crippen molar-refractivity contribution < 1.29 is 22.8 Å². The van der Waals surface area contributed by atoms with E-state index in [2.05, 4.69) is 9.82 Å². The van der Waals surface area contributed by atoms with Crippen molar-refractivity contribution in [3.8, 4) is 0 Å². The average molecular weight is 286 g/mol. The van der Waals surface area contributed by atoms with Gasteiger partial charge in [-0.15, -0.1) is 0 Å². The van der Waals surface area contributed by atoms with E-state index >= 15 is 0 Å². The number of hydrogen-bond donors (Lipinski definition) is 2. The van der Waals surface area contributed by atoms with E-state index in [1.54, 1.807) is 29.7 Å². The Bertz CT molecular complexity index is 694. The summed E-state index contributed by atoms with van der Waals surface area (Å²) in [6, 6.07) is 7.85. The summed E-state index contributed by atoms with van der Waals surface area (Å²) in [6.45, 7) is -1.61. The highest BCUT2D eigenvalue weighted by molar-refractivity contribution is 5.95. The molecule has 0 aliphatic heterocycles. The second kappa shape index (κ2) is 5.33. The number of aromatic amines is 1. The highest BCUT2D eigenvalue weighted by atomic mass is 19.4. The third-order valence-electron chi connectivity index (χ3n) is 2.40. The van der Waals surface area contributed by atoms with Gasteiger partial charge >= 0.3 is 6.18 Å². The summed E-state index contributed by atoms with van der Waals surface area (Å²) in [4.78, 5) is 29.5. The lowest BCUT2D eigenvalue weighted by Crippen LogP contribution is -2.31. The number of hydrogen-bond acceptors (Lipinski definition) is 3. The number of carbonyl (C=O) groups is 1. The highest BCUT2D eigenvalue weighted by Crippen LogP contribution is 2.14. The Labute approximate surface area is 110 Å². The molecule has 0 aliphatic carbocycles. The van der Waals surface area contributed by atoms with E-state index in [0.717, 1.165) is 0 Å². The molecule has 0 atom stereocenters. The number of pyridine rings is 1. The Morgan fingerprint density at radius 2 is 2.00 bits per heavy atom. The third kappa shape index (κ3) is 3.35. The minimum absolute atomic E-state index is 0.184. The predicted octanol–water partition coefficient (Wildman–Crippen LogP) is 1.75. The summed E-state index contributed by atoms with van der Waals surface area (Å²) in [5.74, 6) is -0.961. The number of carbonyl (C=O) groups excluding carboxylic acids is 1. The normalized spacial score (nSPS) is 11.6. The summed E-state index contributed by atoms with van der Waals surface area (Å²) >= 11 is 0. The van der Waals surface area contributed by atoms with Crippen LogP contribution in [0.25, 0.3) is 10.8 Å². The van der Waals surface area contributed by atoms with Crippen LogP contribution in [0.2, 0.25) is 0 Å². The maximum atomic E-state index is 11.8. The molecule has 1 amide bonds. The summed E-state index contributed by atoms with van der Waals surface area (Å²) in [5.41, 5.74) is 0.924. The lowest BCUT2D eigenvalue weighted by atomic mass is 10.1. The van der Waals surface area contributed by atoms with E-state index in [4.69, 9.17) is 0 Å². The Hall–Kier alpha value is -2.35. The molecule has 0 spiro atoms. The summed E-state index contributed by atoms with van der Waals surface area (Å²) in [6.07, 6.45) is -4.55. The molecular formula is C12H9F3N2O3. The largest absolute Gasteiger partial charge is 0.414 e. The molecule has 8 heteroatoms. The quantitative estimate of drug-likeness (QED) is 0.844. The molecule has 0 unspecified atom stereocenters. The molecule has 1 aromatic heterocycles. The maximum absolute atomic E-state index is 11.8. The Morgan fingerprint density at radius 1 is 1.30 bits per heavy atom. The van der Waals surface area contributed by atoms with Gasteiger partial charge in [-0.25, -0.2) is 5.48 Å². The molecule has 20 heavy (non-hydrogen) atoms. The Morgan fingerprint density at radius 3 is 2.70 bits per heavy atom. The first-order chi connectivity index (χ1) is 9.37. The topological polar surface area (TPSA) is 71.2 Å². The number of hydroxylamine groups is 1. The lowest BCUT2D eigenvalue weighted by Gasteiger charge is -2.08. The SMILES string of the molecule is O=C(NOCC(F)(F)F)c1cc2ccccc2c(=O)[nH]1. The molecule has 0 fully saturated rings. The van der Waals surface area contributed by atoms with Gasteiger partial charge in [-0.3, -0.25) is 14.4 Å². The van der Waals surface area contributed by atoms with Gasteiger partial charge in [-0.1, -0.05) is 18.2 Å². The molecule has 106 valence electrons. The lowest BCUT2D eigenvalue weighted by molar-refractivity contribution is -0.184. The molecule has 0 saturated heterocycles. The Balaban J connectivity index is 2.17. The molecule has 2 rings (SSSR count). The smallest absolute Gasteiger partial charge is 0.317 e. The fraction of sp³-hybridized carbons (Fsp3) is 0.167. The molecule has 0 saturated carbocycles. The van der Waals surface area contributed by atoms with E-state index < -0.39 is 24.2 Å². The van der Waals surface area contributed by atoms with Crippen LogP contribution in [0, 0.1) is 0 Å². The number of aromatic nitrogens is 1. The van der Waals surface area contributed by atoms with Crippen molar-refractivity contribution >= 4 is 16.7 Å². The van der Waals surface area contributed by atoms with Gasteiger partial charge in [-0.2, -0.15) is 13.2 Å². The first kappa shape index (κ1) is 14.1. The van der Waals surface area contributed by atoms with Gasteiger partial charge in [0.05, 0.1) is 0 Å². The van der Waals surface area contributed by atoms with Crippen LogP contribution in [0.5, 0.6) is 0 Å². The molecule has 1 heterocycles. The molecule has 0 bridgehead atoms. The minimum Gasteiger partial charge on any atom is -0.317 e. The predicted molar refractivity (Wildman–Crippen MR) is 64.0 cm³/mol. The van der Waals surface area contributed by atoms with Gasteiger partial charge in [0.15, 0.2) is 6.61 Å². The van der Waals surface area contributed by atoms with Crippen LogP contribution < -0.4 is 11.0 Å². The maximum Gasteiger partial charge on any atom is 0.414 e. The number of halogens is 3.